The van der Waals surface area contributed by atoms with E-state index < -0.39 is 138 Å². The van der Waals surface area contributed by atoms with Crippen LogP contribution in [0.15, 0.2) is 200 Å². The largest absolute Gasteiger partial charge is 0.467 e. The number of ether oxygens (including phenoxy) is 6. The zero-order chi connectivity index (χ0) is 79.5. The molecule has 0 spiro atoms. The lowest BCUT2D eigenvalue weighted by atomic mass is 9.77. The molecular weight excluding hydrogens is 1400 g/mol. The molecule has 1 aliphatic rings. The predicted octanol–water partition coefficient (Wildman–Crippen LogP) is 9.97. The van der Waals surface area contributed by atoms with Crippen LogP contribution in [0.3, 0.4) is 0 Å². The molecule has 0 saturated heterocycles. The van der Waals surface area contributed by atoms with Crippen LogP contribution in [-0.4, -0.2) is 151 Å². The topological polar surface area (TPSA) is 349 Å². The van der Waals surface area contributed by atoms with Crippen molar-refractivity contribution in [2.45, 2.75) is 160 Å². The lowest BCUT2D eigenvalue weighted by Gasteiger charge is -2.37. The van der Waals surface area contributed by atoms with E-state index in [2.05, 4.69) is 42.5 Å². The molecule has 0 fully saturated rings. The van der Waals surface area contributed by atoms with Gasteiger partial charge >= 0.3 is 24.2 Å². The summed E-state index contributed by atoms with van der Waals surface area (Å²) in [5.74, 6) is -8.09. The van der Waals surface area contributed by atoms with Gasteiger partial charge in [-0.1, -0.05) is 220 Å². The van der Waals surface area contributed by atoms with E-state index in [0.29, 0.717) is 27.8 Å². The summed E-state index contributed by atoms with van der Waals surface area (Å²) < 4.78 is 34.1. The fourth-order valence-electron chi connectivity index (χ4n) is 12.6. The number of hydrogen-bond donors (Lipinski definition) is 9. The Morgan fingerprint density at radius 2 is 1.00 bits per heavy atom. The lowest BCUT2D eigenvalue weighted by Crippen LogP contribution is -2.61. The van der Waals surface area contributed by atoms with Crippen molar-refractivity contribution in [3.63, 3.8) is 0 Å². The third-order valence-electron chi connectivity index (χ3n) is 18.2. The highest BCUT2D eigenvalue weighted by atomic mass is 16.6. The number of benzene rings is 7. The van der Waals surface area contributed by atoms with Gasteiger partial charge in [-0.2, -0.15) is 0 Å². The van der Waals surface area contributed by atoms with Crippen molar-refractivity contribution in [2.75, 3.05) is 33.4 Å². The fraction of sp³-hybridized carbons (Fsp3) is 0.369. The molecule has 0 radical (unpaired) electrons. The average Bonchev–Trinajstić information content (AvgIpc) is 1.20. The van der Waals surface area contributed by atoms with Crippen LogP contribution >= 0.6 is 0 Å². The predicted molar refractivity (Wildman–Crippen MR) is 412 cm³/mol. The van der Waals surface area contributed by atoms with Gasteiger partial charge in [0.25, 0.3) is 0 Å². The molecule has 0 saturated carbocycles. The molecule has 9 N–H and O–H groups in total. The monoisotopic (exact) mass is 1500 g/mol. The second-order valence-corrected chi connectivity index (χ2v) is 28.6. The van der Waals surface area contributed by atoms with Gasteiger partial charge in [-0.3, -0.25) is 39.5 Å². The van der Waals surface area contributed by atoms with E-state index in [9.17, 15) is 38.4 Å². The molecule has 110 heavy (non-hydrogen) atoms. The molecule has 0 heterocycles. The first-order valence-corrected chi connectivity index (χ1v) is 36.6. The van der Waals surface area contributed by atoms with Crippen LogP contribution in [0.25, 0.3) is 11.1 Å². The number of carbonyl (C=O) groups excluding carboxylic acids is 10. The summed E-state index contributed by atoms with van der Waals surface area (Å²) in [6, 6.07) is 52.8. The van der Waals surface area contributed by atoms with Crippen LogP contribution in [0, 0.1) is 11.3 Å². The summed E-state index contributed by atoms with van der Waals surface area (Å²) in [5.41, 5.74) is 3.96. The molecule has 582 valence electrons. The number of esters is 1. The van der Waals surface area contributed by atoms with Crippen LogP contribution in [0.2, 0.25) is 0 Å². The van der Waals surface area contributed by atoms with Gasteiger partial charge < -0.3 is 65.6 Å². The number of nitrogens with zero attached hydrogens (tertiary/aromatic N) is 1. The molecule has 1 aliphatic carbocycles. The van der Waals surface area contributed by atoms with Gasteiger partial charge in [0.1, 0.15) is 49.5 Å². The normalized spacial score (nSPS) is 13.7. The van der Waals surface area contributed by atoms with Gasteiger partial charge in [0.2, 0.25) is 41.4 Å². The highest BCUT2D eigenvalue weighted by molar-refractivity contribution is 6.00. The fourth-order valence-corrected chi connectivity index (χ4v) is 12.6. The number of methoxy groups -OCH3 is 1. The van der Waals surface area contributed by atoms with Crippen LogP contribution in [0.5, 0.6) is 0 Å². The smallest absolute Gasteiger partial charge is 0.416 e. The average molecular weight is 1510 g/mol. The summed E-state index contributed by atoms with van der Waals surface area (Å²) in [7, 11) is 1.13. The van der Waals surface area contributed by atoms with Crippen molar-refractivity contribution in [3.8, 4) is 11.1 Å². The number of amides is 9. The Labute approximate surface area is 641 Å². The van der Waals surface area contributed by atoms with Gasteiger partial charge in [0.05, 0.1) is 44.0 Å². The third kappa shape index (κ3) is 24.1. The van der Waals surface area contributed by atoms with E-state index in [1.807, 2.05) is 140 Å². The first kappa shape index (κ1) is 83.9. The van der Waals surface area contributed by atoms with E-state index in [-0.39, 0.29) is 58.2 Å². The number of nitrogens with one attached hydrogen (secondary N) is 9. The van der Waals surface area contributed by atoms with E-state index >= 15 is 9.59 Å². The maximum absolute atomic E-state index is 15.1. The maximum atomic E-state index is 15.1. The molecule has 7 aromatic rings. The molecule has 7 aromatic carbocycles. The molecule has 0 unspecified atom stereocenters. The van der Waals surface area contributed by atoms with E-state index in [1.54, 1.807) is 116 Å². The standard InChI is InChI=1S/C84H100N10O16/c1-11-54(2)71(90-73(97)66(89-79(102)107-52-65-63-44-29-27-42-61(63)62-43-28-30-45-64(62)65)46-31-47-94(81(104)108-51-57-34-19-13-20-35-57)78(85)92-80(103)106-50-56-32-17-12-18-33-56)76(100)91-72(55(3)110-83(7,8)9)75(99)86-49-70(96)87-67(74(98)88-68(77(101)105-10)53-109-82(4,5)6)48-69(95)93-84(58-36-21-14-22-37-58,59-38-23-15-24-39-59)60-40-25-16-26-41-60/h12-30,32-45,54-55,65-68,71-72H,11,31,46-53H2,1-10H3,(H,86,99)(H,87,96)(H,88,98)(H,89,102)(H,90,97)(H,91,100)(H,93,95)(H2,85,92,103)/t54-,55-,66+,67-,68-,71-,72-/m0/s1. The summed E-state index contributed by atoms with van der Waals surface area (Å²) in [6.07, 6.45) is -5.12. The van der Waals surface area contributed by atoms with Gasteiger partial charge in [-0.05, 0) is 117 Å². The number of carbonyl (C=O) groups is 10. The molecule has 9 amide bonds. The summed E-state index contributed by atoms with van der Waals surface area (Å²) >= 11 is 0. The molecule has 7 atom stereocenters. The first-order chi connectivity index (χ1) is 52.6. The summed E-state index contributed by atoms with van der Waals surface area (Å²) in [6.45, 7) is 13.3. The minimum absolute atomic E-state index is 0.144. The third-order valence-corrected chi connectivity index (χ3v) is 18.2. The molecule has 0 aromatic heterocycles. The Balaban J connectivity index is 1.03. The van der Waals surface area contributed by atoms with Crippen LogP contribution in [0.4, 0.5) is 14.4 Å². The number of guanidine groups is 1. The van der Waals surface area contributed by atoms with Crippen LogP contribution in [-0.2, 0) is 80.7 Å². The van der Waals surface area contributed by atoms with Crippen molar-refractivity contribution >= 4 is 65.7 Å². The second-order valence-electron chi connectivity index (χ2n) is 28.6. The molecule has 8 rings (SSSR count). The van der Waals surface area contributed by atoms with Crippen molar-refractivity contribution in [2.24, 2.45) is 5.92 Å². The Kier molecular flexibility index (Phi) is 30.4. The van der Waals surface area contributed by atoms with Crippen LogP contribution in [0.1, 0.15) is 133 Å². The van der Waals surface area contributed by atoms with E-state index in [0.717, 1.165) is 34.3 Å². The van der Waals surface area contributed by atoms with Gasteiger partial charge in [0.15, 0.2) is 6.04 Å². The number of hydrogen-bond acceptors (Lipinski definition) is 17. The SMILES string of the molecule is CC[C@H](C)[C@H](NC(=O)[C@@H](CCCN(C(=N)NC(=O)OCc1ccccc1)C(=O)OCc1ccccc1)NC(=O)OCC1c2ccccc2-c2ccccc21)C(=O)N[C@H](C(=O)NCC(=O)N[C@@H](CC(=O)NC(c1ccccc1)(c1ccccc1)c1ccccc1)C(=O)N[C@@H](COC(C)(C)C)C(=O)OC)[C@H](C)OC(C)(C)C. The molecular formula is C84H100N10O16. The Morgan fingerprint density at radius 3 is 1.51 bits per heavy atom. The molecule has 0 bridgehead atoms. The van der Waals surface area contributed by atoms with Crippen molar-refractivity contribution in [1.82, 2.24) is 47.4 Å². The van der Waals surface area contributed by atoms with E-state index in [1.165, 1.54) is 6.92 Å². The number of rotatable bonds is 34. The quantitative estimate of drug-likeness (QED) is 0.00595. The minimum Gasteiger partial charge on any atom is -0.467 e. The second kappa shape index (κ2) is 39.9. The number of fused-ring (bicyclic) bond motifs is 3. The van der Waals surface area contributed by atoms with Crippen molar-refractivity contribution in [3.05, 3.63) is 239 Å². The molecule has 26 nitrogen and oxygen atoms in total. The van der Waals surface area contributed by atoms with Crippen molar-refractivity contribution < 1.29 is 76.4 Å². The summed E-state index contributed by atoms with van der Waals surface area (Å²) in [4.78, 5) is 144. The maximum Gasteiger partial charge on any atom is 0.416 e. The van der Waals surface area contributed by atoms with Crippen molar-refractivity contribution in [1.29, 1.82) is 5.41 Å². The highest BCUT2D eigenvalue weighted by Gasteiger charge is 2.41. The Hall–Kier alpha value is -11.8. The molecule has 0 aliphatic heterocycles. The van der Waals surface area contributed by atoms with Gasteiger partial charge in [0, 0.05) is 12.5 Å². The minimum atomic E-state index is -1.73. The Morgan fingerprint density at radius 1 is 0.509 bits per heavy atom. The first-order valence-electron chi connectivity index (χ1n) is 36.6. The molecule has 26 heteroatoms. The summed E-state index contributed by atoms with van der Waals surface area (Å²) in [5, 5.41) is 30.3. The zero-order valence-corrected chi connectivity index (χ0v) is 63.7. The Bertz CT molecular complexity index is 4130. The van der Waals surface area contributed by atoms with E-state index in [4.69, 9.17) is 33.8 Å². The van der Waals surface area contributed by atoms with Gasteiger partial charge in [-0.25, -0.2) is 24.1 Å². The highest BCUT2D eigenvalue weighted by Crippen LogP contribution is 2.45. The van der Waals surface area contributed by atoms with Gasteiger partial charge in [-0.15, -0.1) is 0 Å². The van der Waals surface area contributed by atoms with Crippen LogP contribution < -0.4 is 42.5 Å². The zero-order valence-electron chi connectivity index (χ0n) is 63.7. The lowest BCUT2D eigenvalue weighted by molar-refractivity contribution is -0.149. The number of alkyl carbamates (subject to hydrolysis) is 2.